The fourth-order valence-electron chi connectivity index (χ4n) is 2.30. The lowest BCUT2D eigenvalue weighted by atomic mass is 10.1. The molecule has 10 heteroatoms. The monoisotopic (exact) mass is 366 g/mol. The maximum Gasteiger partial charge on any atom is 0.246 e. The Morgan fingerprint density at radius 2 is 2.00 bits per heavy atom. The molecular weight excluding hydrogens is 350 g/mol. The van der Waals surface area contributed by atoms with Gasteiger partial charge >= 0.3 is 0 Å². The standard InChI is InChI=1S/C13H16F2N2O4S2/c1-2-22(18,19)16-8-10-6-7-17(9-10)23(20,21)12-5-3-4-11(14)13(12)15/h2-5,10,16H,1,6-9H2/t10-/m1/s1. The number of hydrogen-bond donors (Lipinski definition) is 1. The Kier molecular flexibility index (Phi) is 5.19. The van der Waals surface area contributed by atoms with E-state index in [1.807, 2.05) is 0 Å². The van der Waals surface area contributed by atoms with E-state index in [-0.39, 0.29) is 25.6 Å². The van der Waals surface area contributed by atoms with Crippen LogP contribution in [-0.4, -0.2) is 40.8 Å². The van der Waals surface area contributed by atoms with Crippen LogP contribution in [-0.2, 0) is 20.0 Å². The van der Waals surface area contributed by atoms with Gasteiger partial charge in [0.25, 0.3) is 0 Å². The molecule has 6 nitrogen and oxygen atoms in total. The summed E-state index contributed by atoms with van der Waals surface area (Å²) in [6.45, 7) is 3.34. The molecule has 0 aliphatic carbocycles. The maximum absolute atomic E-state index is 13.7. The summed E-state index contributed by atoms with van der Waals surface area (Å²) in [6, 6.07) is 2.96. The lowest BCUT2D eigenvalue weighted by molar-refractivity contribution is 0.440. The molecule has 0 amide bonds. The average molecular weight is 366 g/mol. The van der Waals surface area contributed by atoms with Gasteiger partial charge in [0.1, 0.15) is 4.90 Å². The average Bonchev–Trinajstić information content (AvgIpc) is 2.98. The zero-order valence-electron chi connectivity index (χ0n) is 12.1. The third-order valence-corrected chi connectivity index (χ3v) is 6.47. The summed E-state index contributed by atoms with van der Waals surface area (Å²) in [7, 11) is -7.75. The Morgan fingerprint density at radius 1 is 1.30 bits per heavy atom. The Bertz CT molecular complexity index is 809. The summed E-state index contributed by atoms with van der Waals surface area (Å²) in [6.07, 6.45) is 0.413. The van der Waals surface area contributed by atoms with E-state index in [1.165, 1.54) is 0 Å². The van der Waals surface area contributed by atoms with Gasteiger partial charge in [0, 0.05) is 25.0 Å². The number of halogens is 2. The summed E-state index contributed by atoms with van der Waals surface area (Å²) in [4.78, 5) is -0.718. The van der Waals surface area contributed by atoms with E-state index in [9.17, 15) is 25.6 Å². The SMILES string of the molecule is C=CS(=O)(=O)NC[C@H]1CCN(S(=O)(=O)c2cccc(F)c2F)C1. The van der Waals surface area contributed by atoms with Gasteiger partial charge in [-0.1, -0.05) is 12.6 Å². The molecule has 1 aliphatic heterocycles. The first-order chi connectivity index (χ1) is 10.7. The Balaban J connectivity index is 2.11. The van der Waals surface area contributed by atoms with Crippen molar-refractivity contribution in [3.05, 3.63) is 41.8 Å². The van der Waals surface area contributed by atoms with Gasteiger partial charge in [0.05, 0.1) is 0 Å². The summed E-state index contributed by atoms with van der Waals surface area (Å²) in [5.74, 6) is -2.90. The summed E-state index contributed by atoms with van der Waals surface area (Å²) in [5.41, 5.74) is 0. The molecule has 23 heavy (non-hydrogen) atoms. The molecule has 0 unspecified atom stereocenters. The van der Waals surface area contributed by atoms with Gasteiger partial charge in [0.15, 0.2) is 11.6 Å². The highest BCUT2D eigenvalue weighted by atomic mass is 32.2. The van der Waals surface area contributed by atoms with Crippen molar-refractivity contribution in [2.24, 2.45) is 5.92 Å². The third kappa shape index (κ3) is 3.94. The first-order valence-electron chi connectivity index (χ1n) is 6.73. The van der Waals surface area contributed by atoms with E-state index in [1.54, 1.807) is 0 Å². The second kappa shape index (κ2) is 6.63. The van der Waals surface area contributed by atoms with Crippen molar-refractivity contribution in [1.82, 2.24) is 9.03 Å². The lowest BCUT2D eigenvalue weighted by Crippen LogP contribution is -2.32. The van der Waals surface area contributed by atoms with Gasteiger partial charge in [-0.25, -0.2) is 30.3 Å². The Morgan fingerprint density at radius 3 is 2.65 bits per heavy atom. The number of rotatable bonds is 6. The van der Waals surface area contributed by atoms with E-state index in [2.05, 4.69) is 11.3 Å². The molecule has 0 aromatic heterocycles. The van der Waals surface area contributed by atoms with Crippen LogP contribution in [0.5, 0.6) is 0 Å². The molecule has 0 spiro atoms. The topological polar surface area (TPSA) is 83.6 Å². The van der Waals surface area contributed by atoms with Gasteiger partial charge in [-0.2, -0.15) is 4.31 Å². The number of sulfonamides is 2. The Labute approximate surface area is 133 Å². The highest BCUT2D eigenvalue weighted by Gasteiger charge is 2.35. The maximum atomic E-state index is 13.7. The molecule has 1 heterocycles. The van der Waals surface area contributed by atoms with Crippen molar-refractivity contribution in [3.63, 3.8) is 0 Å². The van der Waals surface area contributed by atoms with Crippen molar-refractivity contribution >= 4 is 20.0 Å². The summed E-state index contributed by atoms with van der Waals surface area (Å²) in [5, 5.41) is 0.762. The molecule has 0 bridgehead atoms. The van der Waals surface area contributed by atoms with Crippen LogP contribution in [0.4, 0.5) is 8.78 Å². The van der Waals surface area contributed by atoms with Gasteiger partial charge in [0.2, 0.25) is 20.0 Å². The molecule has 1 fully saturated rings. The van der Waals surface area contributed by atoms with Crippen molar-refractivity contribution in [3.8, 4) is 0 Å². The van der Waals surface area contributed by atoms with E-state index >= 15 is 0 Å². The second-order valence-corrected chi connectivity index (χ2v) is 8.75. The molecule has 0 saturated carbocycles. The van der Waals surface area contributed by atoms with Crippen molar-refractivity contribution in [2.75, 3.05) is 19.6 Å². The minimum atomic E-state index is -4.16. The van der Waals surface area contributed by atoms with E-state index in [0.29, 0.717) is 6.42 Å². The number of nitrogens with one attached hydrogen (secondary N) is 1. The highest BCUT2D eigenvalue weighted by Crippen LogP contribution is 2.26. The van der Waals surface area contributed by atoms with Gasteiger partial charge in [-0.15, -0.1) is 0 Å². The molecule has 128 valence electrons. The van der Waals surface area contributed by atoms with Crippen LogP contribution in [0.3, 0.4) is 0 Å². The zero-order valence-corrected chi connectivity index (χ0v) is 13.7. The molecule has 1 atom stereocenters. The van der Waals surface area contributed by atoms with Crippen molar-refractivity contribution < 1.29 is 25.6 Å². The number of nitrogens with zero attached hydrogens (tertiary/aromatic N) is 1. The van der Waals surface area contributed by atoms with Gasteiger partial charge < -0.3 is 0 Å². The molecular formula is C13H16F2N2O4S2. The smallest absolute Gasteiger partial charge is 0.211 e. The normalized spacial score (nSPS) is 19.8. The van der Waals surface area contributed by atoms with Gasteiger partial charge in [-0.3, -0.25) is 0 Å². The molecule has 0 radical (unpaired) electrons. The van der Waals surface area contributed by atoms with Crippen LogP contribution in [0.1, 0.15) is 6.42 Å². The molecule has 1 aliphatic rings. The van der Waals surface area contributed by atoms with Crippen molar-refractivity contribution in [1.29, 1.82) is 0 Å². The Hall–Kier alpha value is -1.36. The number of hydrogen-bond acceptors (Lipinski definition) is 4. The zero-order chi connectivity index (χ0) is 17.3. The highest BCUT2D eigenvalue weighted by molar-refractivity contribution is 7.92. The van der Waals surface area contributed by atoms with E-state index < -0.39 is 36.6 Å². The minimum absolute atomic E-state index is 0.0257. The van der Waals surface area contributed by atoms with Crippen LogP contribution in [0, 0.1) is 17.6 Å². The fraction of sp³-hybridized carbons (Fsp3) is 0.385. The second-order valence-electron chi connectivity index (χ2n) is 5.13. The van der Waals surface area contributed by atoms with Gasteiger partial charge in [-0.05, 0) is 24.5 Å². The minimum Gasteiger partial charge on any atom is -0.211 e. The summed E-state index contributed by atoms with van der Waals surface area (Å²) < 4.78 is 77.6. The fourth-order valence-corrected chi connectivity index (χ4v) is 4.49. The number of benzene rings is 1. The molecule has 1 saturated heterocycles. The van der Waals surface area contributed by atoms with Crippen LogP contribution < -0.4 is 4.72 Å². The van der Waals surface area contributed by atoms with Crippen LogP contribution in [0.15, 0.2) is 35.1 Å². The van der Waals surface area contributed by atoms with E-state index in [0.717, 1.165) is 27.9 Å². The first-order valence-corrected chi connectivity index (χ1v) is 9.72. The van der Waals surface area contributed by atoms with Crippen LogP contribution in [0.25, 0.3) is 0 Å². The van der Waals surface area contributed by atoms with E-state index in [4.69, 9.17) is 0 Å². The van der Waals surface area contributed by atoms with Crippen LogP contribution >= 0.6 is 0 Å². The lowest BCUT2D eigenvalue weighted by Gasteiger charge is -2.17. The summed E-state index contributed by atoms with van der Waals surface area (Å²) >= 11 is 0. The predicted octanol–water partition coefficient (Wildman–Crippen LogP) is 1.04. The molecule has 1 aromatic carbocycles. The van der Waals surface area contributed by atoms with Crippen LogP contribution in [0.2, 0.25) is 0 Å². The quantitative estimate of drug-likeness (QED) is 0.815. The molecule has 1 aromatic rings. The predicted molar refractivity (Wildman–Crippen MR) is 80.3 cm³/mol. The third-order valence-electron chi connectivity index (χ3n) is 3.58. The molecule has 1 N–H and O–H groups in total. The first kappa shape index (κ1) is 18.0. The molecule has 2 rings (SSSR count). The van der Waals surface area contributed by atoms with Crippen molar-refractivity contribution in [2.45, 2.75) is 11.3 Å². The largest absolute Gasteiger partial charge is 0.246 e.